The van der Waals surface area contributed by atoms with Crippen LogP contribution >= 0.6 is 0 Å². The summed E-state index contributed by atoms with van der Waals surface area (Å²) in [6.07, 6.45) is 3.53. The van der Waals surface area contributed by atoms with Crippen LogP contribution in [-0.4, -0.2) is 36.3 Å². The van der Waals surface area contributed by atoms with E-state index in [2.05, 4.69) is 19.1 Å². The smallest absolute Gasteiger partial charge is 0.228 e. The highest BCUT2D eigenvalue weighted by atomic mass is 16.2. The molecule has 0 spiro atoms. The molecule has 1 aromatic rings. The molecule has 4 nitrogen and oxygen atoms in total. The highest BCUT2D eigenvalue weighted by Gasteiger charge is 2.37. The number of likely N-dealkylation sites (tertiary alicyclic amines) is 1. The molecular formula is C17H22N2O2. The maximum Gasteiger partial charge on any atom is 0.228 e. The van der Waals surface area contributed by atoms with Crippen LogP contribution in [0.5, 0.6) is 0 Å². The van der Waals surface area contributed by atoms with E-state index in [1.165, 1.54) is 5.56 Å². The van der Waals surface area contributed by atoms with E-state index in [4.69, 9.17) is 0 Å². The van der Waals surface area contributed by atoms with Crippen molar-refractivity contribution >= 4 is 17.5 Å². The second kappa shape index (κ2) is 5.88. The highest BCUT2D eigenvalue weighted by molar-refractivity contribution is 6.00. The van der Waals surface area contributed by atoms with E-state index in [0.717, 1.165) is 38.0 Å². The van der Waals surface area contributed by atoms with Crippen LogP contribution < -0.4 is 4.90 Å². The summed E-state index contributed by atoms with van der Waals surface area (Å²) in [4.78, 5) is 28.3. The van der Waals surface area contributed by atoms with Crippen LogP contribution in [0.4, 0.5) is 5.69 Å². The molecule has 21 heavy (non-hydrogen) atoms. The van der Waals surface area contributed by atoms with Gasteiger partial charge in [0.25, 0.3) is 0 Å². The molecule has 1 atom stereocenters. The van der Waals surface area contributed by atoms with Crippen molar-refractivity contribution < 1.29 is 9.59 Å². The van der Waals surface area contributed by atoms with Gasteiger partial charge in [0.1, 0.15) is 0 Å². The summed E-state index contributed by atoms with van der Waals surface area (Å²) >= 11 is 0. The molecule has 1 aromatic carbocycles. The van der Waals surface area contributed by atoms with Crippen LogP contribution in [0.15, 0.2) is 24.3 Å². The SMILES string of the molecule is CCc1ccc(N2C[C@@H](C(=O)N3CCCC3)CC2=O)cc1. The summed E-state index contributed by atoms with van der Waals surface area (Å²) in [6, 6.07) is 8.08. The Labute approximate surface area is 125 Å². The summed E-state index contributed by atoms with van der Waals surface area (Å²) in [5.41, 5.74) is 2.17. The molecule has 2 fully saturated rings. The molecule has 2 aliphatic rings. The van der Waals surface area contributed by atoms with Gasteiger partial charge in [-0.2, -0.15) is 0 Å². The monoisotopic (exact) mass is 286 g/mol. The summed E-state index contributed by atoms with van der Waals surface area (Å²) in [5.74, 6) is 0.0618. The first kappa shape index (κ1) is 14.1. The predicted octanol–water partition coefficient (Wildman–Crippen LogP) is 2.22. The number of hydrogen-bond acceptors (Lipinski definition) is 2. The molecule has 2 aliphatic heterocycles. The molecule has 0 radical (unpaired) electrons. The minimum atomic E-state index is -0.165. The lowest BCUT2D eigenvalue weighted by atomic mass is 10.1. The number of anilines is 1. The first-order valence-electron chi connectivity index (χ1n) is 7.87. The van der Waals surface area contributed by atoms with Crippen LogP contribution in [0.25, 0.3) is 0 Å². The molecule has 0 unspecified atom stereocenters. The number of carbonyl (C=O) groups is 2. The van der Waals surface area contributed by atoms with Gasteiger partial charge >= 0.3 is 0 Å². The Morgan fingerprint density at radius 2 is 1.86 bits per heavy atom. The van der Waals surface area contributed by atoms with Gasteiger partial charge in [0, 0.05) is 31.7 Å². The van der Waals surface area contributed by atoms with Crippen LogP contribution in [0, 0.1) is 5.92 Å². The van der Waals surface area contributed by atoms with E-state index in [-0.39, 0.29) is 17.7 Å². The van der Waals surface area contributed by atoms with Gasteiger partial charge in [0.05, 0.1) is 5.92 Å². The zero-order chi connectivity index (χ0) is 14.8. The average Bonchev–Trinajstić information content (AvgIpc) is 3.16. The fourth-order valence-corrected chi connectivity index (χ4v) is 3.23. The molecule has 112 valence electrons. The molecule has 0 aromatic heterocycles. The molecule has 2 amide bonds. The van der Waals surface area contributed by atoms with Gasteiger partial charge in [-0.1, -0.05) is 19.1 Å². The third-order valence-electron chi connectivity index (χ3n) is 4.55. The number of hydrogen-bond donors (Lipinski definition) is 0. The Morgan fingerprint density at radius 1 is 1.19 bits per heavy atom. The minimum absolute atomic E-state index is 0.0665. The predicted molar refractivity (Wildman–Crippen MR) is 82.1 cm³/mol. The Morgan fingerprint density at radius 3 is 2.48 bits per heavy atom. The van der Waals surface area contributed by atoms with Gasteiger partial charge in [-0.15, -0.1) is 0 Å². The van der Waals surface area contributed by atoms with Gasteiger partial charge in [-0.3, -0.25) is 9.59 Å². The van der Waals surface area contributed by atoms with E-state index >= 15 is 0 Å². The fraction of sp³-hybridized carbons (Fsp3) is 0.529. The van der Waals surface area contributed by atoms with Crippen LogP contribution in [-0.2, 0) is 16.0 Å². The molecule has 2 saturated heterocycles. The zero-order valence-corrected chi connectivity index (χ0v) is 12.5. The molecule has 0 N–H and O–H groups in total. The summed E-state index contributed by atoms with van der Waals surface area (Å²) in [7, 11) is 0. The van der Waals surface area contributed by atoms with Gasteiger partial charge < -0.3 is 9.80 Å². The Balaban J connectivity index is 1.70. The summed E-state index contributed by atoms with van der Waals surface area (Å²) < 4.78 is 0. The van der Waals surface area contributed by atoms with E-state index in [9.17, 15) is 9.59 Å². The third-order valence-corrected chi connectivity index (χ3v) is 4.55. The first-order chi connectivity index (χ1) is 10.2. The second-order valence-electron chi connectivity index (χ2n) is 5.96. The molecule has 0 saturated carbocycles. The lowest BCUT2D eigenvalue weighted by molar-refractivity contribution is -0.134. The molecule has 0 aliphatic carbocycles. The van der Waals surface area contributed by atoms with Crippen molar-refractivity contribution in [2.24, 2.45) is 5.92 Å². The zero-order valence-electron chi connectivity index (χ0n) is 12.5. The summed E-state index contributed by atoms with van der Waals surface area (Å²) in [5, 5.41) is 0. The molecule has 0 bridgehead atoms. The number of rotatable bonds is 3. The minimum Gasteiger partial charge on any atom is -0.342 e. The Hall–Kier alpha value is -1.84. The van der Waals surface area contributed by atoms with Crippen LogP contribution in [0.2, 0.25) is 0 Å². The van der Waals surface area contributed by atoms with Crippen molar-refractivity contribution in [1.29, 1.82) is 0 Å². The van der Waals surface area contributed by atoms with Crippen molar-refractivity contribution in [1.82, 2.24) is 4.90 Å². The molecular weight excluding hydrogens is 264 g/mol. The number of amides is 2. The van der Waals surface area contributed by atoms with Crippen molar-refractivity contribution in [2.75, 3.05) is 24.5 Å². The first-order valence-corrected chi connectivity index (χ1v) is 7.87. The second-order valence-corrected chi connectivity index (χ2v) is 5.96. The standard InChI is InChI=1S/C17H22N2O2/c1-2-13-5-7-15(8-6-13)19-12-14(11-16(19)20)17(21)18-9-3-4-10-18/h5-8,14H,2-4,9-12H2,1H3/t14-/m0/s1. The number of benzene rings is 1. The number of carbonyl (C=O) groups excluding carboxylic acids is 2. The van der Waals surface area contributed by atoms with Crippen LogP contribution in [0.1, 0.15) is 31.7 Å². The fourth-order valence-electron chi connectivity index (χ4n) is 3.23. The summed E-state index contributed by atoms with van der Waals surface area (Å²) in [6.45, 7) is 4.35. The number of nitrogens with zero attached hydrogens (tertiary/aromatic N) is 2. The van der Waals surface area contributed by atoms with Crippen LogP contribution in [0.3, 0.4) is 0 Å². The largest absolute Gasteiger partial charge is 0.342 e. The molecule has 2 heterocycles. The van der Waals surface area contributed by atoms with E-state index in [0.29, 0.717) is 13.0 Å². The van der Waals surface area contributed by atoms with Crippen molar-refractivity contribution in [3.63, 3.8) is 0 Å². The normalized spacial score (nSPS) is 22.1. The van der Waals surface area contributed by atoms with Crippen molar-refractivity contribution in [2.45, 2.75) is 32.6 Å². The maximum atomic E-state index is 12.4. The van der Waals surface area contributed by atoms with Gasteiger partial charge in [0.2, 0.25) is 11.8 Å². The van der Waals surface area contributed by atoms with E-state index in [1.807, 2.05) is 17.0 Å². The highest BCUT2D eigenvalue weighted by Crippen LogP contribution is 2.27. The van der Waals surface area contributed by atoms with E-state index in [1.54, 1.807) is 4.90 Å². The Kier molecular flexibility index (Phi) is 3.95. The average molecular weight is 286 g/mol. The topological polar surface area (TPSA) is 40.6 Å². The quantitative estimate of drug-likeness (QED) is 0.855. The number of aryl methyl sites for hydroxylation is 1. The lowest BCUT2D eigenvalue weighted by Gasteiger charge is -2.20. The van der Waals surface area contributed by atoms with Gasteiger partial charge in [-0.25, -0.2) is 0 Å². The van der Waals surface area contributed by atoms with Crippen molar-refractivity contribution in [3.8, 4) is 0 Å². The van der Waals surface area contributed by atoms with Gasteiger partial charge in [0.15, 0.2) is 0 Å². The van der Waals surface area contributed by atoms with E-state index < -0.39 is 0 Å². The van der Waals surface area contributed by atoms with Crippen molar-refractivity contribution in [3.05, 3.63) is 29.8 Å². The van der Waals surface area contributed by atoms with Gasteiger partial charge in [-0.05, 0) is 37.0 Å². The lowest BCUT2D eigenvalue weighted by Crippen LogP contribution is -2.35. The molecule has 4 heteroatoms. The third kappa shape index (κ3) is 2.80. The Bertz CT molecular complexity index is 532. The maximum absolute atomic E-state index is 12.4. The molecule has 3 rings (SSSR count).